The fourth-order valence-electron chi connectivity index (χ4n) is 1.76. The summed E-state index contributed by atoms with van der Waals surface area (Å²) >= 11 is 0. The predicted molar refractivity (Wildman–Crippen MR) is 72.9 cm³/mol. The van der Waals surface area contributed by atoms with Gasteiger partial charge in [-0.15, -0.1) is 0 Å². The molecular formula is C15H16N2O. The zero-order valence-electron chi connectivity index (χ0n) is 10.3. The third-order valence-corrected chi connectivity index (χ3v) is 2.54. The number of anilines is 1. The Morgan fingerprint density at radius 3 is 2.11 bits per heavy atom. The number of benzene rings is 2. The van der Waals surface area contributed by atoms with Crippen LogP contribution in [0.3, 0.4) is 0 Å². The van der Waals surface area contributed by atoms with Crippen LogP contribution in [0.1, 0.15) is 12.5 Å². The zero-order valence-corrected chi connectivity index (χ0v) is 10.3. The van der Waals surface area contributed by atoms with Gasteiger partial charge in [-0.1, -0.05) is 48.5 Å². The second-order valence-corrected chi connectivity index (χ2v) is 4.08. The molecule has 2 aromatic carbocycles. The van der Waals surface area contributed by atoms with Crippen molar-refractivity contribution in [3.05, 3.63) is 66.2 Å². The number of hydrogen-bond donors (Lipinski definition) is 1. The number of carbonyl (C=O) groups excluding carboxylic acids is 1. The van der Waals surface area contributed by atoms with Crippen LogP contribution in [0.15, 0.2) is 60.7 Å². The standard InChI is InChI=1S/C15H16N2O/c1-13(18)16-17(15-10-6-3-7-11-15)12-14-8-4-2-5-9-14/h2-11H,12H2,1H3,(H,16,18). The van der Waals surface area contributed by atoms with Gasteiger partial charge in [0.25, 0.3) is 0 Å². The summed E-state index contributed by atoms with van der Waals surface area (Å²) in [6.45, 7) is 2.16. The summed E-state index contributed by atoms with van der Waals surface area (Å²) in [5.41, 5.74) is 4.96. The molecular weight excluding hydrogens is 224 g/mol. The molecule has 0 heterocycles. The maximum atomic E-state index is 11.3. The van der Waals surface area contributed by atoms with Crippen molar-refractivity contribution >= 4 is 11.6 Å². The van der Waals surface area contributed by atoms with E-state index in [1.54, 1.807) is 0 Å². The number of para-hydroxylation sites is 1. The lowest BCUT2D eigenvalue weighted by Crippen LogP contribution is -2.40. The molecule has 0 spiro atoms. The molecule has 0 aliphatic carbocycles. The van der Waals surface area contributed by atoms with E-state index in [9.17, 15) is 4.79 Å². The molecule has 0 saturated carbocycles. The molecule has 0 atom stereocenters. The molecule has 0 aromatic heterocycles. The summed E-state index contributed by atoms with van der Waals surface area (Å²) in [5, 5.41) is 1.84. The Labute approximate surface area is 107 Å². The minimum atomic E-state index is -0.0743. The third-order valence-electron chi connectivity index (χ3n) is 2.54. The van der Waals surface area contributed by atoms with Crippen molar-refractivity contribution in [2.24, 2.45) is 0 Å². The van der Waals surface area contributed by atoms with Crippen molar-refractivity contribution in [3.63, 3.8) is 0 Å². The summed E-state index contributed by atoms with van der Waals surface area (Å²) in [6.07, 6.45) is 0. The van der Waals surface area contributed by atoms with Gasteiger partial charge in [0, 0.05) is 6.92 Å². The van der Waals surface area contributed by atoms with E-state index in [4.69, 9.17) is 0 Å². The molecule has 0 aliphatic heterocycles. The summed E-state index contributed by atoms with van der Waals surface area (Å²) in [4.78, 5) is 11.3. The van der Waals surface area contributed by atoms with Crippen LogP contribution < -0.4 is 10.4 Å². The molecule has 0 unspecified atom stereocenters. The monoisotopic (exact) mass is 240 g/mol. The molecule has 3 nitrogen and oxygen atoms in total. The smallest absolute Gasteiger partial charge is 0.235 e. The summed E-state index contributed by atoms with van der Waals surface area (Å²) < 4.78 is 0. The first kappa shape index (κ1) is 12.2. The van der Waals surface area contributed by atoms with Crippen LogP contribution >= 0.6 is 0 Å². The molecule has 3 heteroatoms. The van der Waals surface area contributed by atoms with E-state index in [0.29, 0.717) is 6.54 Å². The highest BCUT2D eigenvalue weighted by Gasteiger charge is 2.07. The number of hydrogen-bond acceptors (Lipinski definition) is 2. The van der Waals surface area contributed by atoms with Gasteiger partial charge in [0.1, 0.15) is 0 Å². The van der Waals surface area contributed by atoms with Gasteiger partial charge in [-0.25, -0.2) is 0 Å². The molecule has 2 aromatic rings. The van der Waals surface area contributed by atoms with Crippen molar-refractivity contribution in [1.82, 2.24) is 5.43 Å². The Morgan fingerprint density at radius 2 is 1.56 bits per heavy atom. The fourth-order valence-corrected chi connectivity index (χ4v) is 1.76. The van der Waals surface area contributed by atoms with Gasteiger partial charge in [-0.05, 0) is 17.7 Å². The number of nitrogens with zero attached hydrogens (tertiary/aromatic N) is 1. The van der Waals surface area contributed by atoms with Crippen molar-refractivity contribution < 1.29 is 4.79 Å². The highest BCUT2D eigenvalue weighted by molar-refractivity contribution is 5.75. The summed E-state index contributed by atoms with van der Waals surface area (Å²) in [7, 11) is 0. The quantitative estimate of drug-likeness (QED) is 0.833. The van der Waals surface area contributed by atoms with Crippen LogP contribution in [0.5, 0.6) is 0 Å². The minimum Gasteiger partial charge on any atom is -0.281 e. The highest BCUT2D eigenvalue weighted by atomic mass is 16.2. The first-order valence-corrected chi connectivity index (χ1v) is 5.89. The SMILES string of the molecule is CC(=O)NN(Cc1ccccc1)c1ccccc1. The second kappa shape index (κ2) is 5.87. The van der Waals surface area contributed by atoms with Gasteiger partial charge in [0.05, 0.1) is 12.2 Å². The van der Waals surface area contributed by atoms with Gasteiger partial charge in [0.15, 0.2) is 0 Å². The number of hydrazine groups is 1. The maximum Gasteiger partial charge on any atom is 0.235 e. The van der Waals surface area contributed by atoms with Crippen molar-refractivity contribution in [2.75, 3.05) is 5.01 Å². The average molecular weight is 240 g/mol. The van der Waals surface area contributed by atoms with E-state index in [-0.39, 0.29) is 5.91 Å². The average Bonchev–Trinajstić information content (AvgIpc) is 2.40. The van der Waals surface area contributed by atoms with Crippen molar-refractivity contribution in [1.29, 1.82) is 0 Å². The van der Waals surface area contributed by atoms with Crippen molar-refractivity contribution in [2.45, 2.75) is 13.5 Å². The van der Waals surface area contributed by atoms with E-state index in [1.807, 2.05) is 65.7 Å². The van der Waals surface area contributed by atoms with E-state index in [2.05, 4.69) is 5.43 Å². The van der Waals surface area contributed by atoms with Gasteiger partial charge in [-0.3, -0.25) is 15.2 Å². The van der Waals surface area contributed by atoms with Crippen LogP contribution in [-0.2, 0) is 11.3 Å². The normalized spacial score (nSPS) is 9.83. The van der Waals surface area contributed by atoms with Crippen LogP contribution in [0.25, 0.3) is 0 Å². The molecule has 0 fully saturated rings. The molecule has 18 heavy (non-hydrogen) atoms. The summed E-state index contributed by atoms with van der Waals surface area (Å²) in [6, 6.07) is 19.9. The van der Waals surface area contributed by atoms with E-state index in [0.717, 1.165) is 11.3 Å². The molecule has 1 N–H and O–H groups in total. The number of carbonyl (C=O) groups is 1. The number of amides is 1. The van der Waals surface area contributed by atoms with E-state index < -0.39 is 0 Å². The largest absolute Gasteiger partial charge is 0.281 e. The van der Waals surface area contributed by atoms with Crippen molar-refractivity contribution in [3.8, 4) is 0 Å². The van der Waals surface area contributed by atoms with Crippen LogP contribution in [-0.4, -0.2) is 5.91 Å². The Bertz CT molecular complexity index is 496. The van der Waals surface area contributed by atoms with Crippen LogP contribution in [0.2, 0.25) is 0 Å². The summed E-state index contributed by atoms with van der Waals surface area (Å²) in [5.74, 6) is -0.0743. The minimum absolute atomic E-state index is 0.0743. The van der Waals surface area contributed by atoms with E-state index >= 15 is 0 Å². The molecule has 2 rings (SSSR count). The highest BCUT2D eigenvalue weighted by Crippen LogP contribution is 2.14. The molecule has 0 aliphatic rings. The molecule has 1 amide bonds. The Hall–Kier alpha value is -2.29. The third kappa shape index (κ3) is 3.35. The predicted octanol–water partition coefficient (Wildman–Crippen LogP) is 2.74. The Balaban J connectivity index is 2.18. The molecule has 92 valence electrons. The van der Waals surface area contributed by atoms with Gasteiger partial charge < -0.3 is 0 Å². The Morgan fingerprint density at radius 1 is 1.00 bits per heavy atom. The zero-order chi connectivity index (χ0) is 12.8. The number of nitrogens with one attached hydrogen (secondary N) is 1. The lowest BCUT2D eigenvalue weighted by molar-refractivity contribution is -0.119. The van der Waals surface area contributed by atoms with Gasteiger partial charge in [-0.2, -0.15) is 0 Å². The molecule has 0 bridgehead atoms. The molecule has 0 radical (unpaired) electrons. The molecule has 0 saturated heterocycles. The fraction of sp³-hybridized carbons (Fsp3) is 0.133. The Kier molecular flexibility index (Phi) is 3.97. The topological polar surface area (TPSA) is 32.3 Å². The van der Waals surface area contributed by atoms with Crippen LogP contribution in [0.4, 0.5) is 5.69 Å². The lowest BCUT2D eigenvalue weighted by atomic mass is 10.2. The van der Waals surface area contributed by atoms with E-state index in [1.165, 1.54) is 6.92 Å². The van der Waals surface area contributed by atoms with Gasteiger partial charge in [0.2, 0.25) is 5.91 Å². The first-order chi connectivity index (χ1) is 8.75. The van der Waals surface area contributed by atoms with Gasteiger partial charge >= 0.3 is 0 Å². The van der Waals surface area contributed by atoms with Crippen LogP contribution in [0, 0.1) is 0 Å². The lowest BCUT2D eigenvalue weighted by Gasteiger charge is -2.24. The maximum absolute atomic E-state index is 11.3. The number of rotatable bonds is 4. The second-order valence-electron chi connectivity index (χ2n) is 4.08. The first-order valence-electron chi connectivity index (χ1n) is 5.89.